The fourth-order valence-corrected chi connectivity index (χ4v) is 0.851. The van der Waals surface area contributed by atoms with Crippen LogP contribution < -0.4 is 5.32 Å². The van der Waals surface area contributed by atoms with Crippen LogP contribution in [-0.4, -0.2) is 31.7 Å². The van der Waals surface area contributed by atoms with Crippen LogP contribution in [0.5, 0.6) is 0 Å². The third-order valence-electron chi connectivity index (χ3n) is 1.34. The molecule has 0 aromatic heterocycles. The van der Waals surface area contributed by atoms with Crippen LogP contribution in [0.2, 0.25) is 0 Å². The molecule has 60 valence electrons. The van der Waals surface area contributed by atoms with Gasteiger partial charge in [-0.15, -0.1) is 0 Å². The van der Waals surface area contributed by atoms with Crippen molar-refractivity contribution in [1.82, 2.24) is 5.32 Å². The molecule has 1 aliphatic rings. The Morgan fingerprint density at radius 3 is 3.36 bits per heavy atom. The van der Waals surface area contributed by atoms with Gasteiger partial charge < -0.3 is 5.32 Å². The van der Waals surface area contributed by atoms with Crippen LogP contribution in [0.15, 0.2) is 22.1 Å². The highest BCUT2D eigenvalue weighted by molar-refractivity contribution is 5.86. The number of aliphatic imine (C=N–C) groups is 2. The van der Waals surface area contributed by atoms with Crippen LogP contribution in [0.1, 0.15) is 6.92 Å². The molecule has 0 saturated heterocycles. The summed E-state index contributed by atoms with van der Waals surface area (Å²) < 4.78 is 0. The molecular weight excluding hydrogens is 138 g/mol. The van der Waals surface area contributed by atoms with Crippen molar-refractivity contribution in [2.75, 3.05) is 19.6 Å². The number of nitrogens with zero attached hydrogens (tertiary/aromatic N) is 2. The fraction of sp³-hybridized carbons (Fsp3) is 0.500. The maximum atomic E-state index is 4.28. The number of nitrogens with one attached hydrogen (secondary N) is 1. The van der Waals surface area contributed by atoms with E-state index in [9.17, 15) is 0 Å². The Hall–Kier alpha value is -1.12. The standard InChI is InChI=1S/C8H13N3/c1-2-10-8-7-9-5-3-4-6-11-8/h3-5H,2,6-7H2,1H3,(H,10,11)/b4-3-,9-5?. The van der Waals surface area contributed by atoms with Gasteiger partial charge in [-0.25, -0.2) is 0 Å². The number of amidine groups is 1. The van der Waals surface area contributed by atoms with E-state index in [0.29, 0.717) is 6.54 Å². The Bertz CT molecular complexity index is 192. The predicted molar refractivity (Wildman–Crippen MR) is 48.5 cm³/mol. The van der Waals surface area contributed by atoms with E-state index in [4.69, 9.17) is 0 Å². The zero-order valence-electron chi connectivity index (χ0n) is 6.75. The van der Waals surface area contributed by atoms with Gasteiger partial charge in [0.2, 0.25) is 0 Å². The van der Waals surface area contributed by atoms with Crippen LogP contribution in [0.3, 0.4) is 0 Å². The predicted octanol–water partition coefficient (Wildman–Crippen LogP) is 0.635. The molecule has 0 unspecified atom stereocenters. The molecule has 0 aliphatic carbocycles. The van der Waals surface area contributed by atoms with E-state index in [0.717, 1.165) is 18.9 Å². The summed E-state index contributed by atoms with van der Waals surface area (Å²) in [6.45, 7) is 4.41. The molecular formula is C8H13N3. The lowest BCUT2D eigenvalue weighted by Crippen LogP contribution is -2.26. The van der Waals surface area contributed by atoms with E-state index in [2.05, 4.69) is 22.2 Å². The van der Waals surface area contributed by atoms with Gasteiger partial charge in [-0.2, -0.15) is 0 Å². The van der Waals surface area contributed by atoms with Crippen molar-refractivity contribution in [2.45, 2.75) is 6.92 Å². The highest BCUT2D eigenvalue weighted by Crippen LogP contribution is 1.84. The lowest BCUT2D eigenvalue weighted by Gasteiger charge is -2.04. The summed E-state index contributed by atoms with van der Waals surface area (Å²) in [7, 11) is 0. The molecule has 1 aliphatic heterocycles. The normalized spacial score (nSPS) is 19.9. The van der Waals surface area contributed by atoms with Crippen molar-refractivity contribution in [1.29, 1.82) is 0 Å². The third-order valence-corrected chi connectivity index (χ3v) is 1.34. The van der Waals surface area contributed by atoms with Gasteiger partial charge in [0.1, 0.15) is 5.84 Å². The second-order valence-corrected chi connectivity index (χ2v) is 2.24. The van der Waals surface area contributed by atoms with Crippen LogP contribution >= 0.6 is 0 Å². The molecule has 1 heterocycles. The average Bonchev–Trinajstić information content (AvgIpc) is 1.94. The number of rotatable bonds is 1. The van der Waals surface area contributed by atoms with Crippen LogP contribution in [-0.2, 0) is 0 Å². The Morgan fingerprint density at radius 2 is 2.55 bits per heavy atom. The topological polar surface area (TPSA) is 36.8 Å². The minimum Gasteiger partial charge on any atom is -0.373 e. The highest BCUT2D eigenvalue weighted by Gasteiger charge is 1.93. The highest BCUT2D eigenvalue weighted by atomic mass is 15.0. The Balaban J connectivity index is 2.50. The first-order valence-electron chi connectivity index (χ1n) is 3.85. The summed E-state index contributed by atoms with van der Waals surface area (Å²) in [5.74, 6) is 0.980. The Labute approximate surface area is 66.9 Å². The maximum absolute atomic E-state index is 4.28. The average molecular weight is 151 g/mol. The summed E-state index contributed by atoms with van der Waals surface area (Å²) in [6, 6.07) is 0. The molecule has 0 fully saturated rings. The molecule has 0 aromatic rings. The second kappa shape index (κ2) is 4.66. The van der Waals surface area contributed by atoms with Crippen LogP contribution in [0.4, 0.5) is 0 Å². The SMILES string of the molecule is CCNC1=NC/C=C\C=NC1. The van der Waals surface area contributed by atoms with E-state index in [1.165, 1.54) is 0 Å². The van der Waals surface area contributed by atoms with Crippen molar-refractivity contribution in [2.24, 2.45) is 9.98 Å². The van der Waals surface area contributed by atoms with Crippen LogP contribution in [0, 0.1) is 0 Å². The van der Waals surface area contributed by atoms with Gasteiger partial charge in [-0.1, -0.05) is 6.08 Å². The lowest BCUT2D eigenvalue weighted by atomic mass is 10.4. The van der Waals surface area contributed by atoms with E-state index >= 15 is 0 Å². The molecule has 0 spiro atoms. The number of allylic oxidation sites excluding steroid dienone is 1. The van der Waals surface area contributed by atoms with Crippen molar-refractivity contribution < 1.29 is 0 Å². The molecule has 0 amide bonds. The third kappa shape index (κ3) is 2.98. The number of hydrogen-bond acceptors (Lipinski definition) is 3. The number of likely N-dealkylation sites (N-methyl/N-ethyl adjacent to an activating group) is 1. The molecule has 11 heavy (non-hydrogen) atoms. The Morgan fingerprint density at radius 1 is 1.64 bits per heavy atom. The van der Waals surface area contributed by atoms with Gasteiger partial charge in [0.05, 0.1) is 13.1 Å². The van der Waals surface area contributed by atoms with Gasteiger partial charge in [0.25, 0.3) is 0 Å². The molecule has 0 bridgehead atoms. The number of hydrogen-bond donors (Lipinski definition) is 1. The first-order chi connectivity index (χ1) is 5.43. The molecule has 0 atom stereocenters. The minimum atomic E-state index is 0.679. The quantitative estimate of drug-likeness (QED) is 0.586. The first-order valence-corrected chi connectivity index (χ1v) is 3.85. The largest absolute Gasteiger partial charge is 0.373 e. The summed E-state index contributed by atoms with van der Waals surface area (Å²) in [5.41, 5.74) is 0. The summed E-state index contributed by atoms with van der Waals surface area (Å²) in [5, 5.41) is 3.15. The molecule has 0 radical (unpaired) electrons. The van der Waals surface area contributed by atoms with Crippen molar-refractivity contribution in [3.63, 3.8) is 0 Å². The minimum absolute atomic E-state index is 0.679. The van der Waals surface area contributed by atoms with Gasteiger partial charge in [0.15, 0.2) is 0 Å². The van der Waals surface area contributed by atoms with Gasteiger partial charge in [-0.3, -0.25) is 9.98 Å². The van der Waals surface area contributed by atoms with E-state index in [1.54, 1.807) is 0 Å². The molecule has 1 rings (SSSR count). The summed E-state index contributed by atoms with van der Waals surface area (Å²) in [6.07, 6.45) is 5.72. The fourth-order valence-electron chi connectivity index (χ4n) is 0.851. The first kappa shape index (κ1) is 7.98. The van der Waals surface area contributed by atoms with E-state index in [-0.39, 0.29) is 0 Å². The smallest absolute Gasteiger partial charge is 0.118 e. The lowest BCUT2D eigenvalue weighted by molar-refractivity contribution is 0.931. The molecule has 3 nitrogen and oxygen atoms in total. The van der Waals surface area contributed by atoms with Crippen LogP contribution in [0.25, 0.3) is 0 Å². The van der Waals surface area contributed by atoms with Crippen molar-refractivity contribution in [3.05, 3.63) is 12.2 Å². The summed E-state index contributed by atoms with van der Waals surface area (Å²) >= 11 is 0. The van der Waals surface area contributed by atoms with Crippen molar-refractivity contribution >= 4 is 12.1 Å². The zero-order valence-corrected chi connectivity index (χ0v) is 6.75. The van der Waals surface area contributed by atoms with Gasteiger partial charge in [-0.05, 0) is 13.0 Å². The second-order valence-electron chi connectivity index (χ2n) is 2.24. The van der Waals surface area contributed by atoms with Gasteiger partial charge in [0, 0.05) is 12.8 Å². The monoisotopic (exact) mass is 151 g/mol. The molecule has 0 aromatic carbocycles. The van der Waals surface area contributed by atoms with Gasteiger partial charge >= 0.3 is 0 Å². The molecule has 0 saturated carbocycles. The Kier molecular flexibility index (Phi) is 3.38. The zero-order chi connectivity index (χ0) is 7.94. The van der Waals surface area contributed by atoms with E-state index in [1.807, 2.05) is 18.4 Å². The molecule has 1 N–H and O–H groups in total. The van der Waals surface area contributed by atoms with Crippen molar-refractivity contribution in [3.8, 4) is 0 Å². The maximum Gasteiger partial charge on any atom is 0.118 e. The summed E-state index contributed by atoms with van der Waals surface area (Å²) in [4.78, 5) is 8.40. The van der Waals surface area contributed by atoms with E-state index < -0.39 is 0 Å². The molecule has 3 heteroatoms.